The second kappa shape index (κ2) is 6.52. The van der Waals surface area contributed by atoms with Crippen LogP contribution in [0.25, 0.3) is 0 Å². The summed E-state index contributed by atoms with van der Waals surface area (Å²) in [6.45, 7) is 19.6. The zero-order chi connectivity index (χ0) is 19.3. The zero-order valence-corrected chi connectivity index (χ0v) is 18.7. The van der Waals surface area contributed by atoms with Gasteiger partial charge in [0.1, 0.15) is 6.10 Å². The fourth-order valence-electron chi connectivity index (χ4n) is 3.75. The van der Waals surface area contributed by atoms with E-state index in [1.807, 2.05) is 20.8 Å². The highest BCUT2D eigenvalue weighted by Gasteiger charge is 2.56. The van der Waals surface area contributed by atoms with Crippen LogP contribution in [0.3, 0.4) is 0 Å². The highest BCUT2D eigenvalue weighted by molar-refractivity contribution is 6.74. The van der Waals surface area contributed by atoms with E-state index >= 15 is 0 Å². The fourth-order valence-corrected chi connectivity index (χ4v) is 5.18. The zero-order valence-electron chi connectivity index (χ0n) is 17.7. The molecule has 0 aromatic rings. The number of ether oxygens (including phenoxy) is 1. The molecule has 1 fully saturated rings. The Morgan fingerprint density at radius 2 is 1.72 bits per heavy atom. The van der Waals surface area contributed by atoms with Crippen molar-refractivity contribution in [2.45, 2.75) is 98.1 Å². The van der Waals surface area contributed by atoms with Crippen molar-refractivity contribution in [3.05, 3.63) is 12.2 Å². The van der Waals surface area contributed by atoms with Crippen LogP contribution in [0.15, 0.2) is 12.2 Å². The maximum atomic E-state index is 12.5. The van der Waals surface area contributed by atoms with Crippen LogP contribution in [-0.2, 0) is 14.0 Å². The van der Waals surface area contributed by atoms with E-state index in [-0.39, 0.29) is 28.6 Å². The van der Waals surface area contributed by atoms with Crippen LogP contribution >= 0.6 is 0 Å². The average molecular weight is 367 g/mol. The molecule has 0 unspecified atom stereocenters. The van der Waals surface area contributed by atoms with E-state index in [0.29, 0.717) is 5.92 Å². The summed E-state index contributed by atoms with van der Waals surface area (Å²) >= 11 is 0. The van der Waals surface area contributed by atoms with Gasteiger partial charge in [0, 0.05) is 17.8 Å². The summed E-state index contributed by atoms with van der Waals surface area (Å²) in [5.41, 5.74) is -0.396. The lowest BCUT2D eigenvalue weighted by molar-refractivity contribution is -0.161. The van der Waals surface area contributed by atoms with Crippen molar-refractivity contribution < 1.29 is 14.0 Å². The molecule has 0 heterocycles. The lowest BCUT2D eigenvalue weighted by Crippen LogP contribution is -2.48. The SMILES string of the molecule is CC(C)(C)C(=O)O[C@H]1C[C@H](O[Si](C)(C)C(C)(C)C)[C@@]2(C)CC=CC[C@H]12. The normalized spacial score (nSPS) is 33.2. The second-order valence-electron chi connectivity index (χ2n) is 10.8. The minimum absolute atomic E-state index is 0.0311. The average Bonchev–Trinajstić information content (AvgIpc) is 2.69. The molecular formula is C21H38O3Si. The van der Waals surface area contributed by atoms with Crippen LogP contribution in [0.2, 0.25) is 18.1 Å². The second-order valence-corrected chi connectivity index (χ2v) is 15.6. The molecule has 0 amide bonds. The molecule has 0 aromatic heterocycles. The van der Waals surface area contributed by atoms with Crippen molar-refractivity contribution >= 4 is 14.3 Å². The first-order valence-corrected chi connectivity index (χ1v) is 12.6. The third kappa shape index (κ3) is 4.05. The van der Waals surface area contributed by atoms with Gasteiger partial charge in [0.05, 0.1) is 11.5 Å². The molecular weight excluding hydrogens is 328 g/mol. The molecule has 0 saturated heterocycles. The van der Waals surface area contributed by atoms with Gasteiger partial charge in [-0.2, -0.15) is 0 Å². The van der Waals surface area contributed by atoms with E-state index in [1.165, 1.54) is 0 Å². The number of fused-ring (bicyclic) bond motifs is 1. The Morgan fingerprint density at radius 1 is 1.12 bits per heavy atom. The van der Waals surface area contributed by atoms with Crippen LogP contribution in [-0.4, -0.2) is 26.5 Å². The quantitative estimate of drug-likeness (QED) is 0.364. The third-order valence-electron chi connectivity index (χ3n) is 6.71. The topological polar surface area (TPSA) is 35.5 Å². The Bertz CT molecular complexity index is 538. The van der Waals surface area contributed by atoms with E-state index in [1.54, 1.807) is 0 Å². The van der Waals surface area contributed by atoms with Crippen molar-refractivity contribution in [1.82, 2.24) is 0 Å². The first-order valence-electron chi connectivity index (χ1n) is 9.72. The van der Waals surface area contributed by atoms with Crippen molar-refractivity contribution in [3.63, 3.8) is 0 Å². The summed E-state index contributed by atoms with van der Waals surface area (Å²) in [5.74, 6) is 0.265. The summed E-state index contributed by atoms with van der Waals surface area (Å²) in [6.07, 6.45) is 7.50. The molecule has 1 saturated carbocycles. The smallest absolute Gasteiger partial charge is 0.311 e. The minimum Gasteiger partial charge on any atom is -0.462 e. The van der Waals surface area contributed by atoms with Crippen molar-refractivity contribution in [2.75, 3.05) is 0 Å². The predicted octanol–water partition coefficient (Wildman–Crippen LogP) is 5.71. The Labute approximate surface area is 155 Å². The maximum Gasteiger partial charge on any atom is 0.311 e. The summed E-state index contributed by atoms with van der Waals surface area (Å²) in [4.78, 5) is 12.5. The summed E-state index contributed by atoms with van der Waals surface area (Å²) < 4.78 is 12.9. The lowest BCUT2D eigenvalue weighted by Gasteiger charge is -2.45. The van der Waals surface area contributed by atoms with Crippen LogP contribution in [0.1, 0.15) is 67.7 Å². The Morgan fingerprint density at radius 3 is 2.24 bits per heavy atom. The molecule has 0 bridgehead atoms. The van der Waals surface area contributed by atoms with E-state index < -0.39 is 13.7 Å². The van der Waals surface area contributed by atoms with E-state index in [9.17, 15) is 4.79 Å². The van der Waals surface area contributed by atoms with Crippen molar-refractivity contribution in [1.29, 1.82) is 0 Å². The molecule has 2 aliphatic carbocycles. The number of hydrogen-bond donors (Lipinski definition) is 0. The Hall–Kier alpha value is -0.613. The number of rotatable bonds is 3. The van der Waals surface area contributed by atoms with Crippen LogP contribution in [0, 0.1) is 16.7 Å². The van der Waals surface area contributed by atoms with Gasteiger partial charge in [0.2, 0.25) is 0 Å². The summed E-state index contributed by atoms with van der Waals surface area (Å²) in [7, 11) is -1.86. The number of esters is 1. The Balaban J connectivity index is 2.24. The minimum atomic E-state index is -1.86. The van der Waals surface area contributed by atoms with Gasteiger partial charge in [0.15, 0.2) is 8.32 Å². The highest BCUT2D eigenvalue weighted by Crippen LogP contribution is 2.54. The molecule has 0 spiro atoms. The van der Waals surface area contributed by atoms with Gasteiger partial charge >= 0.3 is 5.97 Å². The molecule has 25 heavy (non-hydrogen) atoms. The van der Waals surface area contributed by atoms with Gasteiger partial charge in [-0.1, -0.05) is 39.8 Å². The molecule has 0 N–H and O–H groups in total. The monoisotopic (exact) mass is 366 g/mol. The van der Waals surface area contributed by atoms with E-state index in [0.717, 1.165) is 19.3 Å². The first-order chi connectivity index (χ1) is 11.2. The summed E-state index contributed by atoms with van der Waals surface area (Å²) in [6, 6.07) is 0. The molecule has 144 valence electrons. The number of carbonyl (C=O) groups excluding carboxylic acids is 1. The van der Waals surface area contributed by atoms with Gasteiger partial charge in [-0.3, -0.25) is 4.79 Å². The number of carbonyl (C=O) groups is 1. The molecule has 0 aromatic carbocycles. The standard InChI is InChI=1S/C21H38O3Si/c1-19(2,3)18(22)23-16-14-17(24-25(8,9)20(4,5)6)21(7)13-11-10-12-15(16)21/h10-11,15-17H,12-14H2,1-9H3/t15-,16+,17+,21+/m1/s1. The number of allylic oxidation sites excluding steroid dienone is 2. The van der Waals surface area contributed by atoms with E-state index in [2.05, 4.69) is 52.9 Å². The van der Waals surface area contributed by atoms with E-state index in [4.69, 9.17) is 9.16 Å². The summed E-state index contributed by atoms with van der Waals surface area (Å²) in [5, 5.41) is 0.184. The Kier molecular flexibility index (Phi) is 5.40. The van der Waals surface area contributed by atoms with Crippen LogP contribution < -0.4 is 0 Å². The van der Waals surface area contributed by atoms with Gasteiger partial charge in [-0.05, 0) is 51.7 Å². The molecule has 4 atom stereocenters. The maximum absolute atomic E-state index is 12.5. The van der Waals surface area contributed by atoms with Gasteiger partial charge in [-0.25, -0.2) is 0 Å². The van der Waals surface area contributed by atoms with Crippen molar-refractivity contribution in [3.8, 4) is 0 Å². The first kappa shape index (κ1) is 20.7. The highest BCUT2D eigenvalue weighted by atomic mass is 28.4. The number of hydrogen-bond acceptors (Lipinski definition) is 3. The molecule has 0 radical (unpaired) electrons. The molecule has 2 aliphatic rings. The molecule has 0 aliphatic heterocycles. The molecule has 4 heteroatoms. The van der Waals surface area contributed by atoms with Crippen molar-refractivity contribution in [2.24, 2.45) is 16.7 Å². The fraction of sp³-hybridized carbons (Fsp3) is 0.857. The van der Waals surface area contributed by atoms with Crippen LogP contribution in [0.5, 0.6) is 0 Å². The molecule has 2 rings (SSSR count). The van der Waals surface area contributed by atoms with Crippen LogP contribution in [0.4, 0.5) is 0 Å². The predicted molar refractivity (Wildman–Crippen MR) is 106 cm³/mol. The molecule has 3 nitrogen and oxygen atoms in total. The van der Waals surface area contributed by atoms with Gasteiger partial charge < -0.3 is 9.16 Å². The van der Waals surface area contributed by atoms with Gasteiger partial charge in [0.25, 0.3) is 0 Å². The van der Waals surface area contributed by atoms with Gasteiger partial charge in [-0.15, -0.1) is 0 Å². The third-order valence-corrected chi connectivity index (χ3v) is 11.2. The largest absolute Gasteiger partial charge is 0.462 e. The lowest BCUT2D eigenvalue weighted by atomic mass is 9.71.